The standard InChI is InChI=1S/C35H34N10/c1-2-3-8-29-23-44(21-25-13-17-27(18-14-25)30-9-4-6-11-32(30)34-36-40-41-37-34)24-45(29)22-26-15-19-28(20-16-26)31-10-5-7-12-33(31)35-38-42-43-39-35/h4-7,9-20,23H,2-3,8,21-22,24H2,1H3,(H,36,37,40,41)(H,38,39,42,43). The number of aromatic amines is 2. The summed E-state index contributed by atoms with van der Waals surface area (Å²) in [6.45, 7) is 4.83. The lowest BCUT2D eigenvalue weighted by molar-refractivity contribution is 0.240. The Hall–Kier alpha value is -5.64. The number of benzene rings is 4. The smallest absolute Gasteiger partial charge is 0.205 e. The van der Waals surface area contributed by atoms with Crippen LogP contribution in [0, 0.1) is 0 Å². The second-order valence-corrected chi connectivity index (χ2v) is 11.3. The van der Waals surface area contributed by atoms with Crippen molar-refractivity contribution in [3.63, 3.8) is 0 Å². The Bertz CT molecular complexity index is 1860. The molecule has 2 aromatic heterocycles. The molecular weight excluding hydrogens is 560 g/mol. The second kappa shape index (κ2) is 12.9. The van der Waals surface area contributed by atoms with E-state index in [0.29, 0.717) is 11.6 Å². The van der Waals surface area contributed by atoms with Crippen molar-refractivity contribution in [2.24, 2.45) is 0 Å². The predicted molar refractivity (Wildman–Crippen MR) is 174 cm³/mol. The number of H-pyrrole nitrogens is 2. The SMILES string of the molecule is CCCCC1=CN(Cc2ccc(-c3ccccc3-c3nn[nH]n3)cc2)CN1Cc1ccc(-c2ccccc2-c2nn[nH]n2)cc1. The fourth-order valence-corrected chi connectivity index (χ4v) is 5.92. The number of nitrogens with one attached hydrogen (secondary N) is 2. The summed E-state index contributed by atoms with van der Waals surface area (Å²) in [5.41, 5.74) is 10.3. The molecule has 0 spiro atoms. The number of unbranched alkanes of at least 4 members (excludes halogenated alkanes) is 1. The van der Waals surface area contributed by atoms with Crippen LogP contribution in [0.3, 0.4) is 0 Å². The number of nitrogens with zero attached hydrogens (tertiary/aromatic N) is 8. The van der Waals surface area contributed by atoms with Crippen molar-refractivity contribution in [1.29, 1.82) is 0 Å². The Morgan fingerprint density at radius 1 is 0.622 bits per heavy atom. The maximum Gasteiger partial charge on any atom is 0.205 e. The van der Waals surface area contributed by atoms with E-state index in [-0.39, 0.29) is 0 Å². The van der Waals surface area contributed by atoms with Crippen LogP contribution in [0.1, 0.15) is 37.3 Å². The Morgan fingerprint density at radius 3 is 1.62 bits per heavy atom. The summed E-state index contributed by atoms with van der Waals surface area (Å²) >= 11 is 0. The van der Waals surface area contributed by atoms with E-state index in [9.17, 15) is 0 Å². The van der Waals surface area contributed by atoms with Crippen LogP contribution in [0.15, 0.2) is 109 Å². The largest absolute Gasteiger partial charge is 0.354 e. The van der Waals surface area contributed by atoms with E-state index in [1.54, 1.807) is 0 Å². The fraction of sp³-hybridized carbons (Fsp3) is 0.200. The van der Waals surface area contributed by atoms with Gasteiger partial charge >= 0.3 is 0 Å². The van der Waals surface area contributed by atoms with Gasteiger partial charge in [0.15, 0.2) is 0 Å². The molecule has 45 heavy (non-hydrogen) atoms. The normalized spacial score (nSPS) is 13.0. The molecule has 7 rings (SSSR count). The first-order valence-electron chi connectivity index (χ1n) is 15.3. The number of allylic oxidation sites excluding steroid dienone is 1. The van der Waals surface area contributed by atoms with Crippen molar-refractivity contribution >= 4 is 0 Å². The van der Waals surface area contributed by atoms with E-state index >= 15 is 0 Å². The molecule has 0 amide bonds. The Labute approximate surface area is 261 Å². The van der Waals surface area contributed by atoms with Crippen molar-refractivity contribution in [3.05, 3.63) is 120 Å². The minimum absolute atomic E-state index is 0.597. The number of tetrazole rings is 2. The second-order valence-electron chi connectivity index (χ2n) is 11.3. The third-order valence-electron chi connectivity index (χ3n) is 8.19. The van der Waals surface area contributed by atoms with Crippen LogP contribution >= 0.6 is 0 Å². The van der Waals surface area contributed by atoms with Crippen LogP contribution in [-0.2, 0) is 13.1 Å². The summed E-state index contributed by atoms with van der Waals surface area (Å²) in [4.78, 5) is 4.93. The van der Waals surface area contributed by atoms with Crippen LogP contribution in [0.2, 0.25) is 0 Å². The van der Waals surface area contributed by atoms with Crippen molar-refractivity contribution in [1.82, 2.24) is 51.0 Å². The first-order chi connectivity index (χ1) is 22.2. The van der Waals surface area contributed by atoms with Gasteiger partial charge < -0.3 is 9.80 Å². The Kier molecular flexibility index (Phi) is 8.09. The minimum Gasteiger partial charge on any atom is -0.354 e. The lowest BCUT2D eigenvalue weighted by Gasteiger charge is -2.24. The molecule has 0 unspecified atom stereocenters. The monoisotopic (exact) mass is 594 g/mol. The van der Waals surface area contributed by atoms with E-state index in [2.05, 4.69) is 125 Å². The number of hydrogen-bond donors (Lipinski definition) is 2. The van der Waals surface area contributed by atoms with Gasteiger partial charge in [-0.05, 0) is 56.6 Å². The first-order valence-corrected chi connectivity index (χ1v) is 15.3. The Morgan fingerprint density at radius 2 is 1.13 bits per heavy atom. The van der Waals surface area contributed by atoms with Gasteiger partial charge in [0.1, 0.15) is 0 Å². The molecule has 0 bridgehead atoms. The van der Waals surface area contributed by atoms with Gasteiger partial charge in [0.2, 0.25) is 11.6 Å². The van der Waals surface area contributed by atoms with Crippen LogP contribution in [-0.4, -0.2) is 57.7 Å². The third kappa shape index (κ3) is 6.21. The number of aromatic nitrogens is 8. The molecule has 0 radical (unpaired) electrons. The number of rotatable bonds is 11. The molecule has 1 aliphatic heterocycles. The minimum atomic E-state index is 0.597. The van der Waals surface area contributed by atoms with Crippen LogP contribution in [0.25, 0.3) is 45.0 Å². The molecule has 4 aromatic carbocycles. The summed E-state index contributed by atoms with van der Waals surface area (Å²) in [6.07, 6.45) is 5.78. The quantitative estimate of drug-likeness (QED) is 0.171. The highest BCUT2D eigenvalue weighted by Gasteiger charge is 2.21. The average molecular weight is 595 g/mol. The van der Waals surface area contributed by atoms with Gasteiger partial charge in [-0.2, -0.15) is 10.4 Å². The highest BCUT2D eigenvalue weighted by Crippen LogP contribution is 2.32. The summed E-state index contributed by atoms with van der Waals surface area (Å²) in [7, 11) is 0. The maximum atomic E-state index is 4.19. The molecule has 0 saturated carbocycles. The van der Waals surface area contributed by atoms with Crippen LogP contribution in [0.4, 0.5) is 0 Å². The maximum absolute atomic E-state index is 4.19. The zero-order chi connectivity index (χ0) is 30.4. The third-order valence-corrected chi connectivity index (χ3v) is 8.19. The van der Waals surface area contributed by atoms with Crippen molar-refractivity contribution in [2.75, 3.05) is 6.67 Å². The summed E-state index contributed by atoms with van der Waals surface area (Å²) < 4.78 is 0. The average Bonchev–Trinajstić information content (AvgIpc) is 3.88. The van der Waals surface area contributed by atoms with Crippen molar-refractivity contribution in [3.8, 4) is 45.0 Å². The number of hydrogen-bond acceptors (Lipinski definition) is 8. The zero-order valence-corrected chi connectivity index (χ0v) is 25.1. The molecule has 2 N–H and O–H groups in total. The van der Waals surface area contributed by atoms with Gasteiger partial charge in [0.05, 0.1) is 6.67 Å². The molecule has 1 aliphatic rings. The molecule has 10 nitrogen and oxygen atoms in total. The topological polar surface area (TPSA) is 115 Å². The van der Waals surface area contributed by atoms with Gasteiger partial charge in [-0.15, -0.1) is 20.4 Å². The van der Waals surface area contributed by atoms with E-state index in [1.807, 2.05) is 36.4 Å². The van der Waals surface area contributed by atoms with E-state index in [0.717, 1.165) is 59.6 Å². The molecule has 224 valence electrons. The summed E-state index contributed by atoms with van der Waals surface area (Å²) in [5.74, 6) is 1.20. The van der Waals surface area contributed by atoms with Crippen LogP contribution in [0.5, 0.6) is 0 Å². The van der Waals surface area contributed by atoms with E-state index < -0.39 is 0 Å². The van der Waals surface area contributed by atoms with Crippen LogP contribution < -0.4 is 0 Å². The molecule has 0 atom stereocenters. The first kappa shape index (κ1) is 28.1. The molecule has 3 heterocycles. The van der Waals surface area contributed by atoms with E-state index in [4.69, 9.17) is 0 Å². The molecule has 6 aromatic rings. The van der Waals surface area contributed by atoms with Gasteiger partial charge in [-0.25, -0.2) is 0 Å². The Balaban J connectivity index is 1.04. The lowest BCUT2D eigenvalue weighted by Crippen LogP contribution is -2.26. The molecular formula is C35H34N10. The van der Waals surface area contributed by atoms with Gasteiger partial charge in [0.25, 0.3) is 0 Å². The van der Waals surface area contributed by atoms with Crippen molar-refractivity contribution < 1.29 is 0 Å². The summed E-state index contributed by atoms with van der Waals surface area (Å²) in [6, 6.07) is 34.0. The highest BCUT2D eigenvalue weighted by atomic mass is 15.5. The van der Waals surface area contributed by atoms with E-state index in [1.165, 1.54) is 29.7 Å². The fourth-order valence-electron chi connectivity index (χ4n) is 5.92. The molecule has 0 fully saturated rings. The lowest BCUT2D eigenvalue weighted by atomic mass is 9.98. The molecule has 0 aliphatic carbocycles. The van der Waals surface area contributed by atoms with Gasteiger partial charge in [-0.1, -0.05) is 110 Å². The van der Waals surface area contributed by atoms with Gasteiger partial charge in [-0.3, -0.25) is 0 Å². The van der Waals surface area contributed by atoms with Crippen molar-refractivity contribution in [2.45, 2.75) is 39.3 Å². The molecule has 0 saturated heterocycles. The molecule has 10 heteroatoms. The zero-order valence-electron chi connectivity index (χ0n) is 25.1. The van der Waals surface area contributed by atoms with Gasteiger partial charge in [0, 0.05) is 36.1 Å². The summed E-state index contributed by atoms with van der Waals surface area (Å²) in [5, 5.41) is 29.3. The predicted octanol–water partition coefficient (Wildman–Crippen LogP) is 6.69. The highest BCUT2D eigenvalue weighted by molar-refractivity contribution is 5.81.